The molecule has 29 heavy (non-hydrogen) atoms. The summed E-state index contributed by atoms with van der Waals surface area (Å²) in [6, 6.07) is 17.6. The van der Waals surface area contributed by atoms with Gasteiger partial charge in [0.1, 0.15) is 5.82 Å². The lowest BCUT2D eigenvalue weighted by atomic mass is 10.2. The van der Waals surface area contributed by atoms with Crippen LogP contribution in [0.4, 0.5) is 10.1 Å². The summed E-state index contributed by atoms with van der Waals surface area (Å²) in [5, 5.41) is 2.81. The Labute approximate surface area is 178 Å². The predicted octanol–water partition coefficient (Wildman–Crippen LogP) is 5.43. The number of anilines is 1. The van der Waals surface area contributed by atoms with Gasteiger partial charge in [-0.05, 0) is 60.2 Å². The number of benzene rings is 3. The topological polar surface area (TPSA) is 63.2 Å². The molecule has 0 bridgehead atoms. The molecule has 0 fully saturated rings. The highest BCUT2D eigenvalue weighted by Gasteiger charge is 2.15. The molecule has 0 aliphatic heterocycles. The third-order valence-corrected chi connectivity index (χ3v) is 6.55. The number of hydrogen-bond acceptors (Lipinski definition) is 4. The Morgan fingerprint density at radius 2 is 1.69 bits per heavy atom. The van der Waals surface area contributed by atoms with Gasteiger partial charge < -0.3 is 5.32 Å². The van der Waals surface area contributed by atoms with Gasteiger partial charge in [0.05, 0.1) is 15.5 Å². The number of rotatable bonds is 6. The van der Waals surface area contributed by atoms with Crippen molar-refractivity contribution in [2.75, 3.05) is 11.6 Å². The van der Waals surface area contributed by atoms with Crippen LogP contribution in [0, 0.1) is 5.82 Å². The van der Waals surface area contributed by atoms with E-state index in [0.717, 1.165) is 16.7 Å². The molecule has 0 spiro atoms. The van der Waals surface area contributed by atoms with Gasteiger partial charge in [-0.25, -0.2) is 12.8 Å². The SMILES string of the molecule is CS(=O)(=O)c1ccc(C(=O)Nc2ccc(CSc3ccc(F)cc3)cc2)c(Cl)c1. The lowest BCUT2D eigenvalue weighted by Gasteiger charge is -2.09. The molecule has 0 aliphatic rings. The standard InChI is InChI=1S/C21H17ClFNO3S2/c1-29(26,27)18-10-11-19(20(22)12-18)21(25)24-16-6-2-14(3-7-16)13-28-17-8-4-15(23)5-9-17/h2-12H,13H2,1H3,(H,24,25). The van der Waals surface area contributed by atoms with E-state index in [-0.39, 0.29) is 21.3 Å². The zero-order valence-corrected chi connectivity index (χ0v) is 17.7. The molecule has 0 aromatic heterocycles. The highest BCUT2D eigenvalue weighted by Crippen LogP contribution is 2.25. The van der Waals surface area contributed by atoms with Crippen LogP contribution in [0.3, 0.4) is 0 Å². The summed E-state index contributed by atoms with van der Waals surface area (Å²) in [6.07, 6.45) is 1.08. The van der Waals surface area contributed by atoms with Crippen molar-refractivity contribution in [3.05, 3.63) is 88.7 Å². The van der Waals surface area contributed by atoms with Gasteiger partial charge in [0.2, 0.25) is 0 Å². The molecule has 0 aliphatic carbocycles. The monoisotopic (exact) mass is 449 g/mol. The number of hydrogen-bond donors (Lipinski definition) is 1. The van der Waals surface area contributed by atoms with Crippen molar-refractivity contribution in [2.45, 2.75) is 15.5 Å². The van der Waals surface area contributed by atoms with Crippen LogP contribution in [0.5, 0.6) is 0 Å². The normalized spacial score (nSPS) is 11.3. The van der Waals surface area contributed by atoms with E-state index in [0.29, 0.717) is 11.4 Å². The van der Waals surface area contributed by atoms with Crippen LogP contribution in [-0.2, 0) is 15.6 Å². The van der Waals surface area contributed by atoms with Crippen LogP contribution < -0.4 is 5.32 Å². The summed E-state index contributed by atoms with van der Waals surface area (Å²) in [5.41, 5.74) is 1.83. The number of carbonyl (C=O) groups excluding carboxylic acids is 1. The first-order chi connectivity index (χ1) is 13.7. The van der Waals surface area contributed by atoms with Crippen molar-refractivity contribution < 1.29 is 17.6 Å². The summed E-state index contributed by atoms with van der Waals surface area (Å²) < 4.78 is 36.1. The van der Waals surface area contributed by atoms with E-state index in [1.54, 1.807) is 36.0 Å². The van der Waals surface area contributed by atoms with Gasteiger partial charge in [0.25, 0.3) is 5.91 Å². The Morgan fingerprint density at radius 1 is 1.03 bits per heavy atom. The fraction of sp³-hybridized carbons (Fsp3) is 0.0952. The number of thioether (sulfide) groups is 1. The molecule has 1 amide bonds. The van der Waals surface area contributed by atoms with Gasteiger partial charge in [0, 0.05) is 22.6 Å². The fourth-order valence-corrected chi connectivity index (χ4v) is 4.32. The average molecular weight is 450 g/mol. The Balaban J connectivity index is 1.63. The third kappa shape index (κ3) is 5.82. The van der Waals surface area contributed by atoms with Crippen molar-refractivity contribution in [3.63, 3.8) is 0 Å². The first-order valence-corrected chi connectivity index (χ1v) is 11.8. The first kappa shape index (κ1) is 21.4. The first-order valence-electron chi connectivity index (χ1n) is 8.50. The molecule has 0 saturated heterocycles. The molecule has 3 aromatic rings. The van der Waals surface area contributed by atoms with Crippen LogP contribution in [0.2, 0.25) is 5.02 Å². The maximum Gasteiger partial charge on any atom is 0.257 e. The number of carbonyl (C=O) groups is 1. The van der Waals surface area contributed by atoms with Gasteiger partial charge in [-0.15, -0.1) is 11.8 Å². The van der Waals surface area contributed by atoms with E-state index in [4.69, 9.17) is 11.6 Å². The van der Waals surface area contributed by atoms with Gasteiger partial charge in [-0.3, -0.25) is 4.79 Å². The highest BCUT2D eigenvalue weighted by molar-refractivity contribution is 7.98. The second-order valence-corrected chi connectivity index (χ2v) is 9.78. The summed E-state index contributed by atoms with van der Waals surface area (Å²) >= 11 is 7.66. The van der Waals surface area contributed by atoms with Crippen LogP contribution in [0.1, 0.15) is 15.9 Å². The van der Waals surface area contributed by atoms with Crippen molar-refractivity contribution in [1.29, 1.82) is 0 Å². The summed E-state index contributed by atoms with van der Waals surface area (Å²) in [7, 11) is -3.40. The average Bonchev–Trinajstić information content (AvgIpc) is 2.68. The zero-order valence-electron chi connectivity index (χ0n) is 15.4. The highest BCUT2D eigenvalue weighted by atomic mass is 35.5. The molecule has 150 valence electrons. The quantitative estimate of drug-likeness (QED) is 0.510. The molecule has 0 saturated carbocycles. The molecule has 0 unspecified atom stereocenters. The molecule has 8 heteroatoms. The lowest BCUT2D eigenvalue weighted by molar-refractivity contribution is 0.102. The second-order valence-electron chi connectivity index (χ2n) is 6.31. The van der Waals surface area contributed by atoms with Crippen LogP contribution in [-0.4, -0.2) is 20.6 Å². The molecule has 0 heterocycles. The molecule has 1 N–H and O–H groups in total. The molecular weight excluding hydrogens is 433 g/mol. The smallest absolute Gasteiger partial charge is 0.257 e. The van der Waals surface area contributed by atoms with Crippen molar-refractivity contribution in [3.8, 4) is 0 Å². The van der Waals surface area contributed by atoms with Crippen molar-refractivity contribution in [2.24, 2.45) is 0 Å². The predicted molar refractivity (Wildman–Crippen MR) is 115 cm³/mol. The molecular formula is C21H17ClFNO3S2. The number of nitrogens with one attached hydrogen (secondary N) is 1. The lowest BCUT2D eigenvalue weighted by Crippen LogP contribution is -2.13. The van der Waals surface area contributed by atoms with E-state index in [1.807, 2.05) is 12.1 Å². The second kappa shape index (κ2) is 8.98. The van der Waals surface area contributed by atoms with Crippen molar-refractivity contribution in [1.82, 2.24) is 0 Å². The third-order valence-electron chi connectivity index (χ3n) is 4.04. The summed E-state index contributed by atoms with van der Waals surface area (Å²) in [6.45, 7) is 0. The minimum absolute atomic E-state index is 0.0575. The van der Waals surface area contributed by atoms with E-state index in [2.05, 4.69) is 5.32 Å². The minimum atomic E-state index is -3.40. The summed E-state index contributed by atoms with van der Waals surface area (Å²) in [4.78, 5) is 13.5. The van der Waals surface area contributed by atoms with E-state index in [9.17, 15) is 17.6 Å². The number of halogens is 2. The Kier molecular flexibility index (Phi) is 6.62. The van der Waals surface area contributed by atoms with Gasteiger partial charge in [0.15, 0.2) is 9.84 Å². The Morgan fingerprint density at radius 3 is 2.28 bits per heavy atom. The maximum atomic E-state index is 12.9. The number of amides is 1. The Hall–Kier alpha value is -2.35. The van der Waals surface area contributed by atoms with Gasteiger partial charge in [-0.2, -0.15) is 0 Å². The molecule has 3 aromatic carbocycles. The van der Waals surface area contributed by atoms with Gasteiger partial charge >= 0.3 is 0 Å². The molecule has 0 atom stereocenters. The van der Waals surface area contributed by atoms with E-state index >= 15 is 0 Å². The van der Waals surface area contributed by atoms with Crippen LogP contribution >= 0.6 is 23.4 Å². The Bertz CT molecular complexity index is 1130. The van der Waals surface area contributed by atoms with Crippen LogP contribution in [0.15, 0.2) is 76.5 Å². The molecule has 3 rings (SSSR count). The largest absolute Gasteiger partial charge is 0.322 e. The van der Waals surface area contributed by atoms with E-state index < -0.39 is 15.7 Å². The zero-order chi connectivity index (χ0) is 21.0. The van der Waals surface area contributed by atoms with E-state index in [1.165, 1.54) is 30.3 Å². The maximum absolute atomic E-state index is 12.9. The minimum Gasteiger partial charge on any atom is -0.322 e. The summed E-state index contributed by atoms with van der Waals surface area (Å²) in [5.74, 6) is 0.0162. The van der Waals surface area contributed by atoms with Gasteiger partial charge in [-0.1, -0.05) is 23.7 Å². The molecule has 4 nitrogen and oxygen atoms in total. The molecule has 0 radical (unpaired) electrons. The number of sulfone groups is 1. The van der Waals surface area contributed by atoms with Crippen molar-refractivity contribution >= 4 is 44.8 Å². The fourth-order valence-electron chi connectivity index (χ4n) is 2.49. The van der Waals surface area contributed by atoms with Crippen LogP contribution in [0.25, 0.3) is 0 Å².